The van der Waals surface area contributed by atoms with Gasteiger partial charge in [0.05, 0.1) is 0 Å². The molecule has 0 N–H and O–H groups in total. The van der Waals surface area contributed by atoms with Crippen LogP contribution in [0.25, 0.3) is 0 Å². The van der Waals surface area contributed by atoms with Gasteiger partial charge in [-0.3, -0.25) is 0 Å². The molecule has 1 heteroatoms. The first-order chi connectivity index (χ1) is 3.68. The lowest BCUT2D eigenvalue weighted by atomic mass is 10.2. The van der Waals surface area contributed by atoms with Crippen molar-refractivity contribution in [3.63, 3.8) is 0 Å². The lowest BCUT2D eigenvalue weighted by Crippen LogP contribution is -2.05. The first-order valence-electron chi connectivity index (χ1n) is 3.09. The summed E-state index contributed by atoms with van der Waals surface area (Å²) in [6, 6.07) is 0. The van der Waals surface area contributed by atoms with Gasteiger partial charge in [-0.1, -0.05) is 20.8 Å². The van der Waals surface area contributed by atoms with Gasteiger partial charge < -0.3 is 0 Å². The molecule has 1 radical (unpaired) electrons. The summed E-state index contributed by atoms with van der Waals surface area (Å²) < 4.78 is 0. The van der Waals surface area contributed by atoms with Crippen molar-refractivity contribution in [1.29, 1.82) is 0 Å². The summed E-state index contributed by atoms with van der Waals surface area (Å²) in [6.45, 7) is 10.5. The Labute approximate surface area is 57.1 Å². The molecule has 1 atom stereocenters. The van der Waals surface area contributed by atoms with Gasteiger partial charge in [-0.25, -0.2) is 0 Å². The molecule has 0 saturated carbocycles. The smallest absolute Gasteiger partial charge is 0.00417 e. The van der Waals surface area contributed by atoms with Gasteiger partial charge in [0.1, 0.15) is 0 Å². The molecule has 0 amide bonds. The Morgan fingerprint density at radius 2 is 1.88 bits per heavy atom. The second-order valence-electron chi connectivity index (χ2n) is 2.32. The topological polar surface area (TPSA) is 0 Å². The molecular weight excluding hydrogens is 116 g/mol. The summed E-state index contributed by atoms with van der Waals surface area (Å²) in [5, 5.41) is 0.771. The fraction of sp³-hybridized carbons (Fsp3) is 0.857. The van der Waals surface area contributed by atoms with Gasteiger partial charge in [-0.15, -0.1) is 0 Å². The zero-order valence-corrected chi connectivity index (χ0v) is 6.79. The van der Waals surface area contributed by atoms with Crippen LogP contribution in [0.1, 0.15) is 20.8 Å². The minimum Gasteiger partial charge on any atom is -0.159 e. The normalized spacial score (nSPS) is 14.6. The van der Waals surface area contributed by atoms with E-state index in [0.29, 0.717) is 0 Å². The maximum Gasteiger partial charge on any atom is 0.00417 e. The largest absolute Gasteiger partial charge is 0.159 e. The van der Waals surface area contributed by atoms with E-state index in [1.54, 1.807) is 0 Å². The molecule has 0 aromatic carbocycles. The molecule has 0 fully saturated rings. The van der Waals surface area contributed by atoms with Gasteiger partial charge in [-0.05, 0) is 18.6 Å². The lowest BCUT2D eigenvalue weighted by molar-refractivity contribution is 0.643. The van der Waals surface area contributed by atoms with E-state index in [2.05, 4.69) is 27.7 Å². The minimum atomic E-state index is 0.771. The number of rotatable bonds is 3. The average molecular weight is 131 g/mol. The third-order valence-corrected chi connectivity index (χ3v) is 2.63. The Kier molecular flexibility index (Phi) is 4.44. The van der Waals surface area contributed by atoms with Crippen molar-refractivity contribution in [1.82, 2.24) is 0 Å². The number of hydrogen-bond acceptors (Lipinski definition) is 1. The van der Waals surface area contributed by atoms with Crippen LogP contribution in [0.3, 0.4) is 0 Å². The second-order valence-corrected chi connectivity index (χ2v) is 3.81. The maximum atomic E-state index is 3.77. The summed E-state index contributed by atoms with van der Waals surface area (Å²) in [5.41, 5.74) is 0. The monoisotopic (exact) mass is 131 g/mol. The van der Waals surface area contributed by atoms with Gasteiger partial charge in [0.25, 0.3) is 0 Å². The van der Waals surface area contributed by atoms with Crippen molar-refractivity contribution < 1.29 is 0 Å². The molecule has 0 aliphatic carbocycles. The van der Waals surface area contributed by atoms with Crippen LogP contribution in [0.5, 0.6) is 0 Å². The SMILES string of the molecule is [CH2]CSC(C)C(C)C. The molecule has 0 bridgehead atoms. The van der Waals surface area contributed by atoms with Crippen LogP contribution >= 0.6 is 11.8 Å². The summed E-state index contributed by atoms with van der Waals surface area (Å²) >= 11 is 1.93. The third kappa shape index (κ3) is 3.36. The first kappa shape index (κ1) is 8.35. The molecule has 0 saturated heterocycles. The number of thioether (sulfide) groups is 1. The third-order valence-electron chi connectivity index (χ3n) is 1.32. The molecule has 0 spiro atoms. The second kappa shape index (κ2) is 4.25. The number of hydrogen-bond donors (Lipinski definition) is 0. The fourth-order valence-electron chi connectivity index (χ4n) is 0.378. The molecule has 49 valence electrons. The predicted octanol–water partition coefficient (Wildman–Crippen LogP) is 2.60. The summed E-state index contributed by atoms with van der Waals surface area (Å²) in [5.74, 6) is 1.79. The minimum absolute atomic E-state index is 0.771. The Morgan fingerprint density at radius 3 is 2.00 bits per heavy atom. The zero-order chi connectivity index (χ0) is 6.57. The highest BCUT2D eigenvalue weighted by Crippen LogP contribution is 2.17. The van der Waals surface area contributed by atoms with Crippen molar-refractivity contribution in [3.05, 3.63) is 6.92 Å². The van der Waals surface area contributed by atoms with Gasteiger partial charge in [-0.2, -0.15) is 11.8 Å². The van der Waals surface area contributed by atoms with Gasteiger partial charge in [0.15, 0.2) is 0 Å². The maximum absolute atomic E-state index is 3.77. The van der Waals surface area contributed by atoms with Crippen LogP contribution in [0, 0.1) is 12.8 Å². The molecular formula is C7H15S. The van der Waals surface area contributed by atoms with E-state index in [4.69, 9.17) is 0 Å². The Hall–Kier alpha value is 0.350. The van der Waals surface area contributed by atoms with Gasteiger partial charge >= 0.3 is 0 Å². The molecule has 0 aromatic rings. The fourth-order valence-corrected chi connectivity index (χ4v) is 1.14. The van der Waals surface area contributed by atoms with Crippen LogP contribution in [0.2, 0.25) is 0 Å². The van der Waals surface area contributed by atoms with E-state index in [1.807, 2.05) is 11.8 Å². The van der Waals surface area contributed by atoms with E-state index in [9.17, 15) is 0 Å². The van der Waals surface area contributed by atoms with Crippen LogP contribution in [-0.4, -0.2) is 11.0 Å². The summed E-state index contributed by atoms with van der Waals surface area (Å²) in [4.78, 5) is 0. The van der Waals surface area contributed by atoms with Crippen LogP contribution in [0.15, 0.2) is 0 Å². The zero-order valence-electron chi connectivity index (χ0n) is 5.98. The average Bonchev–Trinajstić information content (AvgIpc) is 1.67. The molecule has 0 aromatic heterocycles. The highest BCUT2D eigenvalue weighted by molar-refractivity contribution is 7.99. The molecule has 0 rings (SSSR count). The van der Waals surface area contributed by atoms with Crippen molar-refractivity contribution in [2.24, 2.45) is 5.92 Å². The molecule has 0 heterocycles. The van der Waals surface area contributed by atoms with E-state index < -0.39 is 0 Å². The molecule has 1 unspecified atom stereocenters. The van der Waals surface area contributed by atoms with Crippen molar-refractivity contribution in [3.8, 4) is 0 Å². The standard InChI is InChI=1S/C7H15S/c1-5-8-7(4)6(2)3/h6-7H,1,5H2,2-4H3. The quantitative estimate of drug-likeness (QED) is 0.567. The predicted molar refractivity (Wildman–Crippen MR) is 42.1 cm³/mol. The van der Waals surface area contributed by atoms with Crippen molar-refractivity contribution in [2.75, 3.05) is 5.75 Å². The van der Waals surface area contributed by atoms with Crippen LogP contribution < -0.4 is 0 Å². The first-order valence-corrected chi connectivity index (χ1v) is 4.14. The van der Waals surface area contributed by atoms with Crippen LogP contribution in [0.4, 0.5) is 0 Å². The molecule has 8 heavy (non-hydrogen) atoms. The Balaban J connectivity index is 3.17. The highest BCUT2D eigenvalue weighted by Gasteiger charge is 2.03. The highest BCUT2D eigenvalue weighted by atomic mass is 32.2. The van der Waals surface area contributed by atoms with E-state index in [-0.39, 0.29) is 0 Å². The van der Waals surface area contributed by atoms with Crippen molar-refractivity contribution >= 4 is 11.8 Å². The van der Waals surface area contributed by atoms with Crippen molar-refractivity contribution in [2.45, 2.75) is 26.0 Å². The van der Waals surface area contributed by atoms with Gasteiger partial charge in [0.2, 0.25) is 0 Å². The molecule has 0 aliphatic rings. The summed E-state index contributed by atoms with van der Waals surface area (Å²) in [7, 11) is 0. The van der Waals surface area contributed by atoms with E-state index >= 15 is 0 Å². The molecule has 0 aliphatic heterocycles. The van der Waals surface area contributed by atoms with Gasteiger partial charge in [0, 0.05) is 5.25 Å². The van der Waals surface area contributed by atoms with E-state index in [0.717, 1.165) is 16.9 Å². The Morgan fingerprint density at radius 1 is 1.38 bits per heavy atom. The molecule has 0 nitrogen and oxygen atoms in total. The summed E-state index contributed by atoms with van der Waals surface area (Å²) in [6.07, 6.45) is 0. The van der Waals surface area contributed by atoms with Crippen LogP contribution in [-0.2, 0) is 0 Å². The lowest BCUT2D eigenvalue weighted by Gasteiger charge is -2.12. The Bertz CT molecular complexity index is 50.3. The van der Waals surface area contributed by atoms with E-state index in [1.165, 1.54) is 0 Å².